The maximum atomic E-state index is 12.5. The Morgan fingerprint density at radius 1 is 1.32 bits per heavy atom. The van der Waals surface area contributed by atoms with Crippen LogP contribution in [0.4, 0.5) is 5.69 Å². The van der Waals surface area contributed by atoms with Crippen molar-refractivity contribution in [3.05, 3.63) is 23.8 Å². The number of sulfonamides is 1. The number of benzene rings is 1. The molecular weight excluding hydrogens is 300 g/mol. The molecule has 3 rings (SSSR count). The second-order valence-corrected chi connectivity index (χ2v) is 8.19. The minimum Gasteiger partial charge on any atom is -0.393 e. The summed E-state index contributed by atoms with van der Waals surface area (Å²) in [6.45, 7) is 1.27. The smallest absolute Gasteiger partial charge is 0.240 e. The Labute approximate surface area is 132 Å². The third kappa shape index (κ3) is 3.14. The first-order valence-electron chi connectivity index (χ1n) is 7.99. The molecule has 1 aliphatic heterocycles. The number of nitrogens with zero attached hydrogens (tertiary/aromatic N) is 1. The standard InChI is InChI=1S/C16H24N2O3S/c1-18-9-3-5-12-7-8-14(10-15(12)18)22(20,21)17-11-13-4-2-6-16(13)19/h7-8,10,13,16-17,19H,2-6,9,11H2,1H3/t13-,16-/m1/s1. The van der Waals surface area contributed by atoms with Gasteiger partial charge < -0.3 is 10.0 Å². The third-order valence-corrected chi connectivity index (χ3v) is 6.29. The van der Waals surface area contributed by atoms with Gasteiger partial charge in [-0.1, -0.05) is 12.5 Å². The summed E-state index contributed by atoms with van der Waals surface area (Å²) in [5.41, 5.74) is 2.22. The third-order valence-electron chi connectivity index (χ3n) is 4.87. The number of aryl methyl sites for hydroxylation is 1. The first-order chi connectivity index (χ1) is 10.5. The van der Waals surface area contributed by atoms with E-state index in [2.05, 4.69) is 9.62 Å². The minimum atomic E-state index is -3.52. The molecule has 0 amide bonds. The molecule has 0 spiro atoms. The molecule has 1 heterocycles. The monoisotopic (exact) mass is 324 g/mol. The first-order valence-corrected chi connectivity index (χ1v) is 9.47. The molecule has 0 radical (unpaired) electrons. The Balaban J connectivity index is 1.76. The molecule has 122 valence electrons. The van der Waals surface area contributed by atoms with Gasteiger partial charge in [-0.3, -0.25) is 0 Å². The fourth-order valence-electron chi connectivity index (χ4n) is 3.46. The van der Waals surface area contributed by atoms with E-state index in [0.717, 1.165) is 44.3 Å². The van der Waals surface area contributed by atoms with Crippen LogP contribution in [0, 0.1) is 5.92 Å². The molecule has 1 aromatic carbocycles. The number of aliphatic hydroxyl groups is 1. The predicted molar refractivity (Wildman–Crippen MR) is 86.6 cm³/mol. The molecular formula is C16H24N2O3S. The van der Waals surface area contributed by atoms with Crippen molar-refractivity contribution in [1.82, 2.24) is 4.72 Å². The number of anilines is 1. The molecule has 2 atom stereocenters. The van der Waals surface area contributed by atoms with Crippen molar-refractivity contribution in [1.29, 1.82) is 0 Å². The number of fused-ring (bicyclic) bond motifs is 1. The average Bonchev–Trinajstić information content (AvgIpc) is 2.91. The van der Waals surface area contributed by atoms with E-state index in [-0.39, 0.29) is 12.0 Å². The second-order valence-electron chi connectivity index (χ2n) is 6.43. The molecule has 2 N–H and O–H groups in total. The fourth-order valence-corrected chi connectivity index (χ4v) is 4.57. The van der Waals surface area contributed by atoms with Crippen LogP contribution in [0.25, 0.3) is 0 Å². The Bertz CT molecular complexity index is 645. The summed E-state index contributed by atoms with van der Waals surface area (Å²) in [7, 11) is -1.52. The fraction of sp³-hybridized carbons (Fsp3) is 0.625. The van der Waals surface area contributed by atoms with Crippen molar-refractivity contribution in [2.24, 2.45) is 5.92 Å². The van der Waals surface area contributed by atoms with Gasteiger partial charge in [0.25, 0.3) is 0 Å². The van der Waals surface area contributed by atoms with Gasteiger partial charge in [-0.05, 0) is 49.3 Å². The van der Waals surface area contributed by atoms with Crippen molar-refractivity contribution in [2.45, 2.75) is 43.1 Å². The van der Waals surface area contributed by atoms with E-state index in [9.17, 15) is 13.5 Å². The lowest BCUT2D eigenvalue weighted by atomic mass is 10.0. The number of rotatable bonds is 4. The quantitative estimate of drug-likeness (QED) is 0.881. The number of hydrogen-bond donors (Lipinski definition) is 2. The van der Waals surface area contributed by atoms with E-state index in [0.29, 0.717) is 11.4 Å². The highest BCUT2D eigenvalue weighted by molar-refractivity contribution is 7.89. The topological polar surface area (TPSA) is 69.6 Å². The summed E-state index contributed by atoms with van der Waals surface area (Å²) in [6, 6.07) is 5.37. The van der Waals surface area contributed by atoms with Gasteiger partial charge in [0.1, 0.15) is 0 Å². The lowest BCUT2D eigenvalue weighted by Crippen LogP contribution is -2.33. The van der Waals surface area contributed by atoms with Crippen LogP contribution in [0.1, 0.15) is 31.2 Å². The Morgan fingerprint density at radius 3 is 2.86 bits per heavy atom. The van der Waals surface area contributed by atoms with Gasteiger partial charge in [0, 0.05) is 25.8 Å². The van der Waals surface area contributed by atoms with Crippen LogP contribution in [0.3, 0.4) is 0 Å². The van der Waals surface area contributed by atoms with E-state index in [1.54, 1.807) is 12.1 Å². The Morgan fingerprint density at radius 2 is 2.14 bits per heavy atom. The van der Waals surface area contributed by atoms with Crippen LogP contribution >= 0.6 is 0 Å². The van der Waals surface area contributed by atoms with Crippen LogP contribution in [-0.4, -0.2) is 39.8 Å². The molecule has 0 aromatic heterocycles. The molecule has 6 heteroatoms. The highest BCUT2D eigenvalue weighted by atomic mass is 32.2. The number of hydrogen-bond acceptors (Lipinski definition) is 4. The Kier molecular flexibility index (Phi) is 4.43. The molecule has 1 aromatic rings. The molecule has 1 fully saturated rings. The molecule has 22 heavy (non-hydrogen) atoms. The molecule has 0 saturated heterocycles. The molecule has 5 nitrogen and oxygen atoms in total. The van der Waals surface area contributed by atoms with Crippen molar-refractivity contribution < 1.29 is 13.5 Å². The number of nitrogens with one attached hydrogen (secondary N) is 1. The van der Waals surface area contributed by atoms with Gasteiger partial charge >= 0.3 is 0 Å². The highest BCUT2D eigenvalue weighted by Gasteiger charge is 2.27. The lowest BCUT2D eigenvalue weighted by molar-refractivity contribution is 0.134. The molecule has 0 bridgehead atoms. The maximum absolute atomic E-state index is 12.5. The maximum Gasteiger partial charge on any atom is 0.240 e. The zero-order valence-corrected chi connectivity index (χ0v) is 13.8. The van der Waals surface area contributed by atoms with E-state index >= 15 is 0 Å². The molecule has 0 unspecified atom stereocenters. The average molecular weight is 324 g/mol. The predicted octanol–water partition coefficient (Wildman–Crippen LogP) is 1.51. The highest BCUT2D eigenvalue weighted by Crippen LogP contribution is 2.29. The summed E-state index contributed by atoms with van der Waals surface area (Å²) in [4.78, 5) is 2.42. The van der Waals surface area contributed by atoms with Crippen molar-refractivity contribution in [3.63, 3.8) is 0 Å². The minimum absolute atomic E-state index is 0.0371. The van der Waals surface area contributed by atoms with Gasteiger partial charge in [-0.15, -0.1) is 0 Å². The number of aliphatic hydroxyl groups excluding tert-OH is 1. The summed E-state index contributed by atoms with van der Waals surface area (Å²) >= 11 is 0. The molecule has 2 aliphatic rings. The first kappa shape index (κ1) is 15.8. The molecule has 1 saturated carbocycles. The molecule has 1 aliphatic carbocycles. The SMILES string of the molecule is CN1CCCc2ccc(S(=O)(=O)NC[C@H]3CCC[C@H]3O)cc21. The van der Waals surface area contributed by atoms with Gasteiger partial charge in [0.2, 0.25) is 10.0 Å². The van der Waals surface area contributed by atoms with Crippen LogP contribution < -0.4 is 9.62 Å². The van der Waals surface area contributed by atoms with E-state index in [1.807, 2.05) is 13.1 Å². The largest absolute Gasteiger partial charge is 0.393 e. The normalized spacial score (nSPS) is 25.3. The van der Waals surface area contributed by atoms with E-state index < -0.39 is 10.0 Å². The van der Waals surface area contributed by atoms with Crippen LogP contribution in [-0.2, 0) is 16.4 Å². The second kappa shape index (κ2) is 6.18. The summed E-state index contributed by atoms with van der Waals surface area (Å²) < 4.78 is 27.6. The van der Waals surface area contributed by atoms with Crippen LogP contribution in [0.5, 0.6) is 0 Å². The van der Waals surface area contributed by atoms with Crippen LogP contribution in [0.15, 0.2) is 23.1 Å². The summed E-state index contributed by atoms with van der Waals surface area (Å²) in [5.74, 6) is 0.0371. The van der Waals surface area contributed by atoms with E-state index in [4.69, 9.17) is 0 Å². The van der Waals surface area contributed by atoms with Crippen molar-refractivity contribution in [3.8, 4) is 0 Å². The van der Waals surface area contributed by atoms with E-state index in [1.165, 1.54) is 5.56 Å². The zero-order chi connectivity index (χ0) is 15.7. The van der Waals surface area contributed by atoms with Gasteiger partial charge in [-0.2, -0.15) is 0 Å². The van der Waals surface area contributed by atoms with Gasteiger partial charge in [0.15, 0.2) is 0 Å². The van der Waals surface area contributed by atoms with Crippen molar-refractivity contribution in [2.75, 3.05) is 25.0 Å². The van der Waals surface area contributed by atoms with Gasteiger partial charge in [0.05, 0.1) is 11.0 Å². The zero-order valence-electron chi connectivity index (χ0n) is 13.0. The summed E-state index contributed by atoms with van der Waals surface area (Å²) in [5, 5.41) is 9.81. The summed E-state index contributed by atoms with van der Waals surface area (Å²) in [6.07, 6.45) is 4.36. The Hall–Kier alpha value is -1.11. The van der Waals surface area contributed by atoms with Crippen molar-refractivity contribution >= 4 is 15.7 Å². The lowest BCUT2D eigenvalue weighted by Gasteiger charge is -2.28. The van der Waals surface area contributed by atoms with Gasteiger partial charge in [-0.25, -0.2) is 13.1 Å². The van der Waals surface area contributed by atoms with Crippen LogP contribution in [0.2, 0.25) is 0 Å².